The Morgan fingerprint density at radius 1 is 0.810 bits per heavy atom. The van der Waals surface area contributed by atoms with Crippen molar-refractivity contribution >= 4 is 23.5 Å². The van der Waals surface area contributed by atoms with E-state index in [4.69, 9.17) is 0 Å². The molecule has 0 spiro atoms. The average Bonchev–Trinajstić information content (AvgIpc) is 2.50. The smallest absolute Gasteiger partial charge is 0.00997 e. The molecule has 2 aromatic rings. The predicted octanol–water partition coefficient (Wildman–Crippen LogP) is 6.36. The molecule has 0 aliphatic rings. The first-order valence-corrected chi connectivity index (χ1v) is 9.46. The van der Waals surface area contributed by atoms with Crippen LogP contribution in [0.4, 0.5) is 0 Å². The van der Waals surface area contributed by atoms with Crippen LogP contribution < -0.4 is 0 Å². The van der Waals surface area contributed by atoms with E-state index in [1.54, 1.807) is 0 Å². The molecule has 0 radical (unpaired) electrons. The number of hydrogen-bond acceptors (Lipinski definition) is 2. The third-order valence-electron chi connectivity index (χ3n) is 3.51. The number of thioether (sulfide) groups is 2. The van der Waals surface area contributed by atoms with E-state index in [2.05, 4.69) is 69.3 Å². The molecule has 0 saturated heterocycles. The molecule has 2 rings (SSSR count). The van der Waals surface area contributed by atoms with E-state index < -0.39 is 0 Å². The molecule has 0 aromatic heterocycles. The largest absolute Gasteiger partial charge is 0.126 e. The summed E-state index contributed by atoms with van der Waals surface area (Å²) >= 11 is 3.99. The molecule has 0 nitrogen and oxygen atoms in total. The summed E-state index contributed by atoms with van der Waals surface area (Å²) in [5.74, 6) is 1.19. The van der Waals surface area contributed by atoms with Crippen LogP contribution in [-0.4, -0.2) is 11.0 Å². The van der Waals surface area contributed by atoms with E-state index in [1.807, 2.05) is 23.5 Å². The molecule has 0 aliphatic heterocycles. The van der Waals surface area contributed by atoms with Crippen LogP contribution in [0, 0.1) is 13.8 Å². The van der Waals surface area contributed by atoms with E-state index in [-0.39, 0.29) is 0 Å². The van der Waals surface area contributed by atoms with Gasteiger partial charge in [-0.1, -0.05) is 42.3 Å². The molecule has 1 atom stereocenters. The molecule has 21 heavy (non-hydrogen) atoms. The normalized spacial score (nSPS) is 12.3. The van der Waals surface area contributed by atoms with Gasteiger partial charge in [-0.15, -0.1) is 23.5 Å². The summed E-state index contributed by atoms with van der Waals surface area (Å²) in [6, 6.07) is 17.8. The van der Waals surface area contributed by atoms with Gasteiger partial charge in [-0.3, -0.25) is 0 Å². The van der Waals surface area contributed by atoms with Crippen LogP contribution in [0.25, 0.3) is 0 Å². The van der Waals surface area contributed by atoms with Gasteiger partial charge in [0.15, 0.2) is 0 Å². The first kappa shape index (κ1) is 16.5. The maximum absolute atomic E-state index is 2.29. The van der Waals surface area contributed by atoms with Crippen molar-refractivity contribution in [2.24, 2.45) is 0 Å². The van der Waals surface area contributed by atoms with Crippen molar-refractivity contribution in [2.75, 3.05) is 5.75 Å². The molecule has 0 saturated carbocycles. The van der Waals surface area contributed by atoms with Gasteiger partial charge < -0.3 is 0 Å². The van der Waals surface area contributed by atoms with Crippen LogP contribution in [0.2, 0.25) is 0 Å². The highest BCUT2D eigenvalue weighted by Gasteiger charge is 2.08. The monoisotopic (exact) mass is 316 g/mol. The molecule has 0 N–H and O–H groups in total. The second kappa shape index (κ2) is 8.55. The molecule has 2 aromatic carbocycles. The highest BCUT2D eigenvalue weighted by atomic mass is 32.2. The fourth-order valence-corrected chi connectivity index (χ4v) is 4.29. The predicted molar refractivity (Wildman–Crippen MR) is 97.6 cm³/mol. The van der Waals surface area contributed by atoms with Gasteiger partial charge in [-0.25, -0.2) is 0 Å². The third kappa shape index (κ3) is 5.80. The van der Waals surface area contributed by atoms with Crippen molar-refractivity contribution in [1.29, 1.82) is 0 Å². The average molecular weight is 317 g/mol. The Bertz CT molecular complexity index is 528. The standard InChI is InChI=1S/C19H24S2/c1-4-17(21-19-11-7-16(3)8-12-19)13-14-20-18-9-5-15(2)6-10-18/h5-12,17H,4,13-14H2,1-3H3. The first-order valence-electron chi connectivity index (χ1n) is 7.60. The number of aryl methyl sites for hydroxylation is 2. The van der Waals surface area contributed by atoms with Crippen LogP contribution in [0.15, 0.2) is 58.3 Å². The molecule has 0 bridgehead atoms. The summed E-state index contributed by atoms with van der Waals surface area (Å²) < 4.78 is 0. The van der Waals surface area contributed by atoms with Gasteiger partial charge >= 0.3 is 0 Å². The Kier molecular flexibility index (Phi) is 6.72. The van der Waals surface area contributed by atoms with Gasteiger partial charge in [-0.2, -0.15) is 0 Å². The molecule has 0 amide bonds. The number of rotatable bonds is 7. The lowest BCUT2D eigenvalue weighted by atomic mass is 10.2. The second-order valence-corrected chi connectivity index (χ2v) is 7.95. The van der Waals surface area contributed by atoms with Crippen LogP contribution in [0.1, 0.15) is 30.9 Å². The molecule has 0 fully saturated rings. The summed E-state index contributed by atoms with van der Waals surface area (Å²) in [6.07, 6.45) is 2.49. The zero-order valence-electron chi connectivity index (χ0n) is 13.1. The van der Waals surface area contributed by atoms with Crippen LogP contribution in [0.5, 0.6) is 0 Å². The first-order chi connectivity index (χ1) is 10.2. The Morgan fingerprint density at radius 2 is 1.33 bits per heavy atom. The Balaban J connectivity index is 1.79. The third-order valence-corrected chi connectivity index (χ3v) is 6.00. The molecule has 2 heteroatoms. The Labute approximate surface area is 137 Å². The summed E-state index contributed by atoms with van der Waals surface area (Å²) in [4.78, 5) is 2.78. The fourth-order valence-electron chi connectivity index (χ4n) is 2.10. The minimum Gasteiger partial charge on any atom is -0.126 e. The number of benzene rings is 2. The topological polar surface area (TPSA) is 0 Å². The summed E-state index contributed by atoms with van der Waals surface area (Å²) in [6.45, 7) is 6.58. The minimum atomic E-state index is 0.714. The van der Waals surface area contributed by atoms with Crippen LogP contribution >= 0.6 is 23.5 Å². The lowest BCUT2D eigenvalue weighted by Gasteiger charge is -2.14. The fraction of sp³-hybridized carbons (Fsp3) is 0.368. The molecule has 0 aliphatic carbocycles. The zero-order valence-corrected chi connectivity index (χ0v) is 14.8. The van der Waals surface area contributed by atoms with Crippen molar-refractivity contribution < 1.29 is 0 Å². The van der Waals surface area contributed by atoms with Gasteiger partial charge in [-0.05, 0) is 56.7 Å². The van der Waals surface area contributed by atoms with Gasteiger partial charge in [0.1, 0.15) is 0 Å². The Morgan fingerprint density at radius 3 is 1.86 bits per heavy atom. The van der Waals surface area contributed by atoms with E-state index in [9.17, 15) is 0 Å². The lowest BCUT2D eigenvalue weighted by Crippen LogP contribution is -2.02. The number of hydrogen-bond donors (Lipinski definition) is 0. The second-order valence-electron chi connectivity index (χ2n) is 5.41. The molecule has 0 heterocycles. The Hall–Kier alpha value is -0.860. The molecular weight excluding hydrogens is 292 g/mol. The highest BCUT2D eigenvalue weighted by molar-refractivity contribution is 8.00. The van der Waals surface area contributed by atoms with Gasteiger partial charge in [0.2, 0.25) is 0 Å². The summed E-state index contributed by atoms with van der Waals surface area (Å²) in [5, 5.41) is 0.714. The maximum atomic E-state index is 2.29. The SMILES string of the molecule is CCC(CCSc1ccc(C)cc1)Sc1ccc(C)cc1. The van der Waals surface area contributed by atoms with E-state index >= 15 is 0 Å². The van der Waals surface area contributed by atoms with Crippen molar-refractivity contribution in [3.63, 3.8) is 0 Å². The van der Waals surface area contributed by atoms with Crippen molar-refractivity contribution in [3.8, 4) is 0 Å². The molecule has 112 valence electrons. The van der Waals surface area contributed by atoms with E-state index in [1.165, 1.54) is 39.5 Å². The maximum Gasteiger partial charge on any atom is 0.00997 e. The van der Waals surface area contributed by atoms with Crippen molar-refractivity contribution in [3.05, 3.63) is 59.7 Å². The lowest BCUT2D eigenvalue weighted by molar-refractivity contribution is 0.799. The molecule has 1 unspecified atom stereocenters. The van der Waals surface area contributed by atoms with E-state index in [0.29, 0.717) is 5.25 Å². The zero-order chi connectivity index (χ0) is 15.1. The van der Waals surface area contributed by atoms with E-state index in [0.717, 1.165) is 0 Å². The van der Waals surface area contributed by atoms with Crippen LogP contribution in [-0.2, 0) is 0 Å². The van der Waals surface area contributed by atoms with Crippen molar-refractivity contribution in [2.45, 2.75) is 48.7 Å². The quantitative estimate of drug-likeness (QED) is 0.545. The molecular formula is C19H24S2. The van der Waals surface area contributed by atoms with Crippen molar-refractivity contribution in [1.82, 2.24) is 0 Å². The summed E-state index contributed by atoms with van der Waals surface area (Å²) in [5.41, 5.74) is 2.67. The van der Waals surface area contributed by atoms with Gasteiger partial charge in [0.25, 0.3) is 0 Å². The minimum absolute atomic E-state index is 0.714. The highest BCUT2D eigenvalue weighted by Crippen LogP contribution is 2.30. The van der Waals surface area contributed by atoms with Crippen LogP contribution in [0.3, 0.4) is 0 Å². The van der Waals surface area contributed by atoms with Gasteiger partial charge in [0.05, 0.1) is 0 Å². The summed E-state index contributed by atoms with van der Waals surface area (Å²) in [7, 11) is 0. The van der Waals surface area contributed by atoms with Gasteiger partial charge in [0, 0.05) is 15.0 Å².